The van der Waals surface area contributed by atoms with Crippen LogP contribution in [0.1, 0.15) is 15.9 Å². The first-order valence-electron chi connectivity index (χ1n) is 6.92. The van der Waals surface area contributed by atoms with Gasteiger partial charge in [-0.15, -0.1) is 0 Å². The molecule has 0 amide bonds. The normalized spacial score (nSPS) is 16.0. The SMILES string of the molecule is COC(=O)c1ccc2c(c1)CC(COc1ccccc1)N2. The van der Waals surface area contributed by atoms with Crippen molar-refractivity contribution in [2.24, 2.45) is 0 Å². The van der Waals surface area contributed by atoms with Crippen LogP contribution in [0.25, 0.3) is 0 Å². The quantitative estimate of drug-likeness (QED) is 0.876. The van der Waals surface area contributed by atoms with Gasteiger partial charge in [0.05, 0.1) is 18.7 Å². The molecule has 1 aliphatic heterocycles. The molecular weight excluding hydrogens is 266 g/mol. The standard InChI is InChI=1S/C17H17NO3/c1-20-17(19)12-7-8-16-13(9-12)10-14(18-16)11-21-15-5-3-2-4-6-15/h2-9,14,18H,10-11H2,1H3. The van der Waals surface area contributed by atoms with E-state index in [0.717, 1.165) is 23.4 Å². The summed E-state index contributed by atoms with van der Waals surface area (Å²) >= 11 is 0. The van der Waals surface area contributed by atoms with Crippen LogP contribution in [-0.4, -0.2) is 25.7 Å². The summed E-state index contributed by atoms with van der Waals surface area (Å²) in [5.41, 5.74) is 2.77. The highest BCUT2D eigenvalue weighted by molar-refractivity contribution is 5.90. The van der Waals surface area contributed by atoms with Crippen molar-refractivity contribution in [3.8, 4) is 5.75 Å². The lowest BCUT2D eigenvalue weighted by molar-refractivity contribution is 0.0600. The number of ether oxygens (including phenoxy) is 2. The van der Waals surface area contributed by atoms with Gasteiger partial charge in [-0.2, -0.15) is 0 Å². The maximum absolute atomic E-state index is 11.5. The first-order valence-corrected chi connectivity index (χ1v) is 6.92. The minimum atomic E-state index is -0.304. The Bertz CT molecular complexity index is 640. The molecule has 0 spiro atoms. The van der Waals surface area contributed by atoms with E-state index in [-0.39, 0.29) is 12.0 Å². The molecule has 0 saturated carbocycles. The summed E-state index contributed by atoms with van der Waals surface area (Å²) in [5.74, 6) is 0.562. The summed E-state index contributed by atoms with van der Waals surface area (Å²) in [4.78, 5) is 11.5. The first kappa shape index (κ1) is 13.5. The molecule has 108 valence electrons. The molecule has 1 aliphatic rings. The van der Waals surface area contributed by atoms with E-state index in [0.29, 0.717) is 12.2 Å². The van der Waals surface area contributed by atoms with E-state index in [1.54, 1.807) is 6.07 Å². The van der Waals surface area contributed by atoms with Crippen molar-refractivity contribution >= 4 is 11.7 Å². The number of nitrogens with one attached hydrogen (secondary N) is 1. The second-order valence-electron chi connectivity index (χ2n) is 5.03. The molecule has 0 saturated heterocycles. The Balaban J connectivity index is 1.63. The van der Waals surface area contributed by atoms with E-state index in [1.165, 1.54) is 7.11 Å². The van der Waals surface area contributed by atoms with Crippen molar-refractivity contribution in [3.05, 3.63) is 59.7 Å². The Morgan fingerprint density at radius 1 is 1.24 bits per heavy atom. The molecule has 0 radical (unpaired) electrons. The van der Waals surface area contributed by atoms with Gasteiger partial charge in [-0.3, -0.25) is 0 Å². The number of carbonyl (C=O) groups excluding carboxylic acids is 1. The van der Waals surface area contributed by atoms with Crippen molar-refractivity contribution in [2.45, 2.75) is 12.5 Å². The molecule has 1 atom stereocenters. The molecular formula is C17H17NO3. The molecule has 0 aromatic heterocycles. The Morgan fingerprint density at radius 2 is 2.05 bits per heavy atom. The van der Waals surface area contributed by atoms with Gasteiger partial charge in [0.2, 0.25) is 0 Å². The van der Waals surface area contributed by atoms with Crippen molar-refractivity contribution in [1.29, 1.82) is 0 Å². The second kappa shape index (κ2) is 5.87. The molecule has 3 rings (SSSR count). The third-order valence-corrected chi connectivity index (χ3v) is 3.55. The van der Waals surface area contributed by atoms with Crippen LogP contribution >= 0.6 is 0 Å². The predicted molar refractivity (Wildman–Crippen MR) is 80.8 cm³/mol. The van der Waals surface area contributed by atoms with E-state index in [1.807, 2.05) is 42.5 Å². The van der Waals surface area contributed by atoms with E-state index in [2.05, 4.69) is 5.32 Å². The first-order chi connectivity index (χ1) is 10.3. The number of methoxy groups -OCH3 is 1. The average molecular weight is 283 g/mol. The highest BCUT2D eigenvalue weighted by Crippen LogP contribution is 2.27. The van der Waals surface area contributed by atoms with Gasteiger partial charge >= 0.3 is 5.97 Å². The van der Waals surface area contributed by atoms with E-state index < -0.39 is 0 Å². The fourth-order valence-corrected chi connectivity index (χ4v) is 2.50. The van der Waals surface area contributed by atoms with Crippen LogP contribution in [-0.2, 0) is 11.2 Å². The average Bonchev–Trinajstić information content (AvgIpc) is 2.95. The Labute approximate surface area is 123 Å². The lowest BCUT2D eigenvalue weighted by Crippen LogP contribution is -2.24. The minimum Gasteiger partial charge on any atom is -0.491 e. The molecule has 4 nitrogen and oxygen atoms in total. The Kier molecular flexibility index (Phi) is 3.77. The third kappa shape index (κ3) is 2.99. The van der Waals surface area contributed by atoms with Gasteiger partial charge in [0, 0.05) is 5.69 Å². The molecule has 0 aliphatic carbocycles. The lowest BCUT2D eigenvalue weighted by atomic mass is 10.1. The summed E-state index contributed by atoms with van der Waals surface area (Å²) < 4.78 is 10.5. The number of carbonyl (C=O) groups is 1. The minimum absolute atomic E-state index is 0.216. The van der Waals surface area contributed by atoms with Crippen molar-refractivity contribution in [3.63, 3.8) is 0 Å². The van der Waals surface area contributed by atoms with Crippen LogP contribution in [0.4, 0.5) is 5.69 Å². The lowest BCUT2D eigenvalue weighted by Gasteiger charge is -2.12. The van der Waals surface area contributed by atoms with Crippen LogP contribution < -0.4 is 10.1 Å². The van der Waals surface area contributed by atoms with Crippen LogP contribution in [0.5, 0.6) is 5.75 Å². The van der Waals surface area contributed by atoms with E-state index >= 15 is 0 Å². The number of fused-ring (bicyclic) bond motifs is 1. The van der Waals surface area contributed by atoms with Crippen LogP contribution in [0.3, 0.4) is 0 Å². The molecule has 1 unspecified atom stereocenters. The molecule has 0 fully saturated rings. The third-order valence-electron chi connectivity index (χ3n) is 3.55. The Morgan fingerprint density at radius 3 is 2.81 bits per heavy atom. The van der Waals surface area contributed by atoms with Gasteiger partial charge in [-0.1, -0.05) is 18.2 Å². The fourth-order valence-electron chi connectivity index (χ4n) is 2.50. The van der Waals surface area contributed by atoms with Crippen LogP contribution in [0, 0.1) is 0 Å². The molecule has 2 aromatic rings. The van der Waals surface area contributed by atoms with Gasteiger partial charge in [0.15, 0.2) is 0 Å². The van der Waals surface area contributed by atoms with Crippen LogP contribution in [0.15, 0.2) is 48.5 Å². The summed E-state index contributed by atoms with van der Waals surface area (Å²) in [6.45, 7) is 0.590. The predicted octanol–water partition coefficient (Wildman–Crippen LogP) is 2.89. The van der Waals surface area contributed by atoms with E-state index in [4.69, 9.17) is 9.47 Å². The topological polar surface area (TPSA) is 47.6 Å². The summed E-state index contributed by atoms with van der Waals surface area (Å²) in [7, 11) is 1.39. The molecule has 1 N–H and O–H groups in total. The van der Waals surface area contributed by atoms with Crippen molar-refractivity contribution in [2.75, 3.05) is 19.0 Å². The monoisotopic (exact) mass is 283 g/mol. The van der Waals surface area contributed by atoms with Crippen molar-refractivity contribution < 1.29 is 14.3 Å². The van der Waals surface area contributed by atoms with Crippen molar-refractivity contribution in [1.82, 2.24) is 0 Å². The zero-order valence-electron chi connectivity index (χ0n) is 11.8. The summed E-state index contributed by atoms with van der Waals surface area (Å²) in [6, 6.07) is 15.6. The number of benzene rings is 2. The van der Waals surface area contributed by atoms with Crippen LogP contribution in [0.2, 0.25) is 0 Å². The molecule has 2 aromatic carbocycles. The number of rotatable bonds is 4. The van der Waals surface area contributed by atoms with Gasteiger partial charge in [-0.25, -0.2) is 4.79 Å². The van der Waals surface area contributed by atoms with Gasteiger partial charge < -0.3 is 14.8 Å². The van der Waals surface area contributed by atoms with Gasteiger partial charge in [-0.05, 0) is 42.3 Å². The number of hydrogen-bond donors (Lipinski definition) is 1. The number of esters is 1. The largest absolute Gasteiger partial charge is 0.491 e. The fraction of sp³-hybridized carbons (Fsp3) is 0.235. The summed E-state index contributed by atoms with van der Waals surface area (Å²) in [5, 5.41) is 3.41. The Hall–Kier alpha value is -2.49. The highest BCUT2D eigenvalue weighted by Gasteiger charge is 2.22. The number of hydrogen-bond acceptors (Lipinski definition) is 4. The molecule has 1 heterocycles. The highest BCUT2D eigenvalue weighted by atomic mass is 16.5. The maximum Gasteiger partial charge on any atom is 0.337 e. The number of anilines is 1. The van der Waals surface area contributed by atoms with Gasteiger partial charge in [0.25, 0.3) is 0 Å². The van der Waals surface area contributed by atoms with E-state index in [9.17, 15) is 4.79 Å². The zero-order valence-corrected chi connectivity index (χ0v) is 11.8. The van der Waals surface area contributed by atoms with Gasteiger partial charge in [0.1, 0.15) is 12.4 Å². The second-order valence-corrected chi connectivity index (χ2v) is 5.03. The molecule has 21 heavy (non-hydrogen) atoms. The smallest absolute Gasteiger partial charge is 0.337 e. The number of para-hydroxylation sites is 1. The summed E-state index contributed by atoms with van der Waals surface area (Å²) in [6.07, 6.45) is 0.840. The maximum atomic E-state index is 11.5. The molecule has 4 heteroatoms. The zero-order chi connectivity index (χ0) is 14.7. The molecule has 0 bridgehead atoms.